The van der Waals surface area contributed by atoms with Crippen LogP contribution < -0.4 is 20.9 Å². The third-order valence-electron chi connectivity index (χ3n) is 4.17. The molecule has 0 spiro atoms. The van der Waals surface area contributed by atoms with Crippen LogP contribution in [0.5, 0.6) is 5.75 Å². The fourth-order valence-electron chi connectivity index (χ4n) is 2.64. The van der Waals surface area contributed by atoms with E-state index in [1.165, 1.54) is 6.07 Å². The number of hydrazine groups is 1. The van der Waals surface area contributed by atoms with Gasteiger partial charge >= 0.3 is 5.91 Å². The van der Waals surface area contributed by atoms with Crippen LogP contribution in [-0.2, 0) is 16.2 Å². The fraction of sp³-hybridized carbons (Fsp3) is 0.409. The minimum absolute atomic E-state index is 0.0342. The van der Waals surface area contributed by atoms with Crippen molar-refractivity contribution in [3.63, 3.8) is 0 Å². The number of carbonyl (C=O) groups excluding carboxylic acids is 3. The van der Waals surface area contributed by atoms with E-state index in [4.69, 9.17) is 9.15 Å². The zero-order chi connectivity index (χ0) is 22.1. The molecule has 8 heteroatoms. The monoisotopic (exact) mass is 415 g/mol. The van der Waals surface area contributed by atoms with Crippen LogP contribution in [0.2, 0.25) is 0 Å². The van der Waals surface area contributed by atoms with Gasteiger partial charge in [-0.3, -0.25) is 25.2 Å². The molecule has 0 saturated carbocycles. The van der Waals surface area contributed by atoms with Crippen LogP contribution in [0.25, 0.3) is 0 Å². The van der Waals surface area contributed by atoms with Crippen molar-refractivity contribution < 1.29 is 23.5 Å². The van der Waals surface area contributed by atoms with Crippen LogP contribution in [0.1, 0.15) is 50.4 Å². The Morgan fingerprint density at radius 1 is 0.967 bits per heavy atom. The van der Waals surface area contributed by atoms with Gasteiger partial charge in [-0.15, -0.1) is 0 Å². The molecular formula is C22H29N3O5. The maximum absolute atomic E-state index is 12.4. The molecule has 0 bridgehead atoms. The first-order chi connectivity index (χ1) is 14.3. The lowest BCUT2D eigenvalue weighted by atomic mass is 10.0. The normalized spacial score (nSPS) is 11.8. The number of para-hydroxylation sites is 1. The van der Waals surface area contributed by atoms with E-state index in [0.29, 0.717) is 17.9 Å². The van der Waals surface area contributed by atoms with Crippen LogP contribution in [0.4, 0.5) is 0 Å². The van der Waals surface area contributed by atoms with Crippen LogP contribution >= 0.6 is 0 Å². The highest BCUT2D eigenvalue weighted by atomic mass is 16.5. The standard InChI is InChI=1S/C22H29N3O5/c1-14(2)12-19(26)23-20(15(3)4)22(28)25-24-21(27)18-11-10-17(30-18)13-29-16-8-6-5-7-9-16/h5-11,14-15,20H,12-13H2,1-4H3,(H,23,26)(H,24,27)(H,25,28). The average molecular weight is 415 g/mol. The van der Waals surface area contributed by atoms with Gasteiger partial charge in [0, 0.05) is 6.42 Å². The molecule has 1 heterocycles. The number of furan rings is 1. The van der Waals surface area contributed by atoms with Crippen molar-refractivity contribution in [1.82, 2.24) is 16.2 Å². The van der Waals surface area contributed by atoms with Crippen molar-refractivity contribution >= 4 is 17.7 Å². The molecule has 8 nitrogen and oxygen atoms in total. The second-order valence-corrected chi connectivity index (χ2v) is 7.70. The Hall–Kier alpha value is -3.29. The molecule has 1 aromatic carbocycles. The summed E-state index contributed by atoms with van der Waals surface area (Å²) in [4.78, 5) is 36.7. The highest BCUT2D eigenvalue weighted by Gasteiger charge is 2.25. The Morgan fingerprint density at radius 3 is 2.30 bits per heavy atom. The predicted molar refractivity (Wildman–Crippen MR) is 111 cm³/mol. The quantitative estimate of drug-likeness (QED) is 0.546. The van der Waals surface area contributed by atoms with Crippen molar-refractivity contribution in [2.24, 2.45) is 11.8 Å². The number of benzene rings is 1. The fourth-order valence-corrected chi connectivity index (χ4v) is 2.64. The van der Waals surface area contributed by atoms with Gasteiger partial charge in [-0.25, -0.2) is 0 Å². The number of carbonyl (C=O) groups is 3. The lowest BCUT2D eigenvalue weighted by Gasteiger charge is -2.22. The first-order valence-electron chi connectivity index (χ1n) is 9.92. The molecule has 1 atom stereocenters. The summed E-state index contributed by atoms with van der Waals surface area (Å²) in [5, 5.41) is 2.71. The summed E-state index contributed by atoms with van der Waals surface area (Å²) in [6.45, 7) is 7.64. The molecule has 162 valence electrons. The van der Waals surface area contributed by atoms with E-state index in [-0.39, 0.29) is 30.1 Å². The lowest BCUT2D eigenvalue weighted by Crippen LogP contribution is -2.54. The Kier molecular flexibility index (Phi) is 8.46. The van der Waals surface area contributed by atoms with Crippen molar-refractivity contribution in [3.8, 4) is 5.75 Å². The number of rotatable bonds is 9. The van der Waals surface area contributed by atoms with E-state index in [9.17, 15) is 14.4 Å². The number of hydrogen-bond donors (Lipinski definition) is 3. The summed E-state index contributed by atoms with van der Waals surface area (Å²) < 4.78 is 11.0. The summed E-state index contributed by atoms with van der Waals surface area (Å²) >= 11 is 0. The first-order valence-corrected chi connectivity index (χ1v) is 9.92. The molecule has 1 aromatic heterocycles. The second kappa shape index (κ2) is 11.0. The third-order valence-corrected chi connectivity index (χ3v) is 4.17. The molecule has 0 aliphatic rings. The molecule has 2 aromatic rings. The zero-order valence-corrected chi connectivity index (χ0v) is 17.7. The Balaban J connectivity index is 1.85. The maximum Gasteiger partial charge on any atom is 0.305 e. The maximum atomic E-state index is 12.4. The highest BCUT2D eigenvalue weighted by Crippen LogP contribution is 2.14. The molecule has 0 fully saturated rings. The summed E-state index contributed by atoms with van der Waals surface area (Å²) in [6, 6.07) is 11.6. The Morgan fingerprint density at radius 2 is 1.67 bits per heavy atom. The van der Waals surface area contributed by atoms with Crippen LogP contribution in [0, 0.1) is 11.8 Å². The SMILES string of the molecule is CC(C)CC(=O)NC(C(=O)NNC(=O)c1ccc(COc2ccccc2)o1)C(C)C. The molecule has 30 heavy (non-hydrogen) atoms. The van der Waals surface area contributed by atoms with Gasteiger partial charge in [-0.05, 0) is 36.1 Å². The van der Waals surface area contributed by atoms with Gasteiger partial charge in [0.2, 0.25) is 5.91 Å². The molecular weight excluding hydrogens is 386 g/mol. The third kappa shape index (κ3) is 7.27. The topological polar surface area (TPSA) is 110 Å². The Bertz CT molecular complexity index is 845. The summed E-state index contributed by atoms with van der Waals surface area (Å²) in [5.41, 5.74) is 4.65. The lowest BCUT2D eigenvalue weighted by molar-refractivity contribution is -0.130. The largest absolute Gasteiger partial charge is 0.486 e. The van der Waals surface area contributed by atoms with Crippen LogP contribution in [-0.4, -0.2) is 23.8 Å². The van der Waals surface area contributed by atoms with E-state index in [1.807, 2.05) is 58.0 Å². The molecule has 1 unspecified atom stereocenters. The Labute approximate surface area is 176 Å². The van der Waals surface area contributed by atoms with Crippen molar-refractivity contribution in [1.29, 1.82) is 0 Å². The first kappa shape index (κ1) is 23.0. The van der Waals surface area contributed by atoms with Gasteiger partial charge in [0.1, 0.15) is 24.2 Å². The van der Waals surface area contributed by atoms with E-state index >= 15 is 0 Å². The van der Waals surface area contributed by atoms with E-state index < -0.39 is 17.9 Å². The van der Waals surface area contributed by atoms with Gasteiger partial charge in [0.25, 0.3) is 5.91 Å². The van der Waals surface area contributed by atoms with Crippen molar-refractivity contribution in [3.05, 3.63) is 54.0 Å². The van der Waals surface area contributed by atoms with E-state index in [1.54, 1.807) is 6.07 Å². The minimum atomic E-state index is -0.761. The van der Waals surface area contributed by atoms with Crippen LogP contribution in [0.3, 0.4) is 0 Å². The van der Waals surface area contributed by atoms with Crippen molar-refractivity contribution in [2.75, 3.05) is 0 Å². The smallest absolute Gasteiger partial charge is 0.305 e. The molecule has 0 aliphatic carbocycles. The minimum Gasteiger partial charge on any atom is -0.486 e. The molecule has 0 radical (unpaired) electrons. The van der Waals surface area contributed by atoms with Gasteiger partial charge < -0.3 is 14.5 Å². The molecule has 3 N–H and O–H groups in total. The number of ether oxygens (including phenoxy) is 1. The predicted octanol–water partition coefficient (Wildman–Crippen LogP) is 2.81. The molecule has 2 rings (SSSR count). The number of nitrogens with one attached hydrogen (secondary N) is 3. The van der Waals surface area contributed by atoms with E-state index in [0.717, 1.165) is 0 Å². The van der Waals surface area contributed by atoms with Gasteiger partial charge in [-0.1, -0.05) is 45.9 Å². The van der Waals surface area contributed by atoms with Gasteiger partial charge in [0.05, 0.1) is 0 Å². The second-order valence-electron chi connectivity index (χ2n) is 7.70. The van der Waals surface area contributed by atoms with E-state index in [2.05, 4.69) is 16.2 Å². The van der Waals surface area contributed by atoms with Gasteiger partial charge in [0.15, 0.2) is 5.76 Å². The molecule has 0 aliphatic heterocycles. The van der Waals surface area contributed by atoms with Crippen LogP contribution in [0.15, 0.2) is 46.9 Å². The highest BCUT2D eigenvalue weighted by molar-refractivity contribution is 5.94. The summed E-state index contributed by atoms with van der Waals surface area (Å²) in [7, 11) is 0. The molecule has 3 amide bonds. The summed E-state index contributed by atoms with van der Waals surface area (Å²) in [5.74, 6) is -0.100. The zero-order valence-electron chi connectivity index (χ0n) is 17.7. The van der Waals surface area contributed by atoms with Crippen molar-refractivity contribution in [2.45, 2.75) is 46.8 Å². The number of hydrogen-bond acceptors (Lipinski definition) is 5. The average Bonchev–Trinajstić information content (AvgIpc) is 3.17. The van der Waals surface area contributed by atoms with Gasteiger partial charge in [-0.2, -0.15) is 0 Å². The summed E-state index contributed by atoms with van der Waals surface area (Å²) in [6.07, 6.45) is 0.323. The number of amides is 3. The molecule has 0 saturated heterocycles.